The quantitative estimate of drug-likeness (QED) is 0.695. The molecule has 1 rings (SSSR count). The molecule has 1 heteroatoms. The molecule has 17 heavy (non-hydrogen) atoms. The minimum atomic E-state index is -0.207. The summed E-state index contributed by atoms with van der Waals surface area (Å²) in [6.07, 6.45) is 2.49. The van der Waals surface area contributed by atoms with Crippen molar-refractivity contribution in [2.75, 3.05) is 0 Å². The molecule has 0 aliphatic heterocycles. The molecule has 0 radical (unpaired) electrons. The van der Waals surface area contributed by atoms with E-state index in [-0.39, 0.29) is 16.6 Å². The van der Waals surface area contributed by atoms with E-state index in [1.165, 1.54) is 5.56 Å². The summed E-state index contributed by atoms with van der Waals surface area (Å²) in [5, 5.41) is 0. The zero-order valence-corrected chi connectivity index (χ0v) is 11.3. The highest BCUT2D eigenvalue weighted by atomic mass is 16.1. The third kappa shape index (κ3) is 2.66. The van der Waals surface area contributed by atoms with Crippen molar-refractivity contribution in [1.82, 2.24) is 0 Å². The maximum Gasteiger partial charge on any atom is 0.130 e. The van der Waals surface area contributed by atoms with Gasteiger partial charge in [-0.3, -0.25) is 4.79 Å². The first-order valence-corrected chi connectivity index (χ1v) is 6.02. The van der Waals surface area contributed by atoms with Gasteiger partial charge < -0.3 is 0 Å². The van der Waals surface area contributed by atoms with Crippen LogP contribution in [0.15, 0.2) is 43.0 Å². The van der Waals surface area contributed by atoms with Gasteiger partial charge in [0.15, 0.2) is 0 Å². The minimum absolute atomic E-state index is 0.125. The molecule has 1 aromatic rings. The smallest absolute Gasteiger partial charge is 0.130 e. The van der Waals surface area contributed by atoms with Gasteiger partial charge in [0, 0.05) is 11.8 Å². The van der Waals surface area contributed by atoms with Gasteiger partial charge in [0.2, 0.25) is 0 Å². The van der Waals surface area contributed by atoms with E-state index in [0.717, 1.165) is 0 Å². The van der Waals surface area contributed by atoms with E-state index in [1.807, 2.05) is 24.3 Å². The molecule has 0 saturated carbocycles. The molecule has 0 N–H and O–H groups in total. The molecule has 0 saturated heterocycles. The summed E-state index contributed by atoms with van der Waals surface area (Å²) in [5.74, 6) is 0.214. The van der Waals surface area contributed by atoms with Crippen LogP contribution in [0.3, 0.4) is 0 Å². The molecule has 0 aliphatic carbocycles. The van der Waals surface area contributed by atoms with Crippen molar-refractivity contribution in [2.24, 2.45) is 5.41 Å². The number of carbonyl (C=O) groups excluding carboxylic acids is 1. The Morgan fingerprint density at radius 1 is 1.24 bits per heavy atom. The summed E-state index contributed by atoms with van der Waals surface area (Å²) >= 11 is 0. The van der Waals surface area contributed by atoms with Crippen LogP contribution in [0.5, 0.6) is 0 Å². The zero-order valence-electron chi connectivity index (χ0n) is 11.3. The molecular formula is C16H22O. The van der Waals surface area contributed by atoms with Crippen LogP contribution in [0.1, 0.15) is 39.7 Å². The lowest BCUT2D eigenvalue weighted by molar-refractivity contribution is -0.118. The number of ketones is 1. The van der Waals surface area contributed by atoms with Gasteiger partial charge in [0.1, 0.15) is 5.78 Å². The second kappa shape index (κ2) is 4.87. The summed E-state index contributed by atoms with van der Waals surface area (Å²) in [6.45, 7) is 12.0. The Labute approximate surface area is 105 Å². The Morgan fingerprint density at radius 2 is 1.76 bits per heavy atom. The van der Waals surface area contributed by atoms with Crippen LogP contribution in [-0.2, 0) is 10.2 Å². The van der Waals surface area contributed by atoms with E-state index in [4.69, 9.17) is 0 Å². The van der Waals surface area contributed by atoms with Gasteiger partial charge in [-0.05, 0) is 17.9 Å². The number of hydrogen-bond acceptors (Lipinski definition) is 1. The molecule has 0 amide bonds. The normalized spacial score (nSPS) is 15.1. The lowest BCUT2D eigenvalue weighted by Crippen LogP contribution is -2.39. The summed E-state index contributed by atoms with van der Waals surface area (Å²) in [7, 11) is 0. The number of hydrogen-bond donors (Lipinski definition) is 0. The van der Waals surface area contributed by atoms with E-state index in [1.54, 1.807) is 6.92 Å². The van der Waals surface area contributed by atoms with Crippen molar-refractivity contribution in [3.8, 4) is 0 Å². The van der Waals surface area contributed by atoms with E-state index < -0.39 is 0 Å². The van der Waals surface area contributed by atoms with Crippen molar-refractivity contribution in [3.05, 3.63) is 48.6 Å². The van der Waals surface area contributed by atoms with Crippen LogP contribution in [0, 0.1) is 5.41 Å². The van der Waals surface area contributed by atoms with Crippen LogP contribution in [0.2, 0.25) is 0 Å². The first-order chi connectivity index (χ1) is 7.83. The van der Waals surface area contributed by atoms with E-state index >= 15 is 0 Å². The van der Waals surface area contributed by atoms with Crippen LogP contribution < -0.4 is 0 Å². The number of allylic oxidation sites excluding steroid dienone is 1. The van der Waals surface area contributed by atoms with E-state index in [0.29, 0.717) is 6.42 Å². The molecule has 0 aliphatic rings. The maximum absolute atomic E-state index is 11.6. The largest absolute Gasteiger partial charge is 0.300 e. The van der Waals surface area contributed by atoms with Crippen molar-refractivity contribution in [2.45, 2.75) is 39.5 Å². The molecule has 0 aromatic heterocycles. The van der Waals surface area contributed by atoms with Crippen LogP contribution in [-0.4, -0.2) is 5.78 Å². The Kier molecular flexibility index (Phi) is 3.92. The van der Waals surface area contributed by atoms with Gasteiger partial charge in [0.05, 0.1) is 0 Å². The molecule has 0 fully saturated rings. The van der Waals surface area contributed by atoms with Crippen molar-refractivity contribution >= 4 is 5.78 Å². The molecule has 92 valence electrons. The third-order valence-corrected chi connectivity index (χ3v) is 3.95. The molecule has 1 nitrogen and oxygen atoms in total. The molecule has 1 unspecified atom stereocenters. The fourth-order valence-electron chi connectivity index (χ4n) is 2.23. The summed E-state index contributed by atoms with van der Waals surface area (Å²) in [4.78, 5) is 11.6. The predicted octanol–water partition coefficient (Wildman–Crippen LogP) is 4.14. The monoisotopic (exact) mass is 230 g/mol. The van der Waals surface area contributed by atoms with E-state index in [2.05, 4.69) is 39.5 Å². The summed E-state index contributed by atoms with van der Waals surface area (Å²) in [6, 6.07) is 10.2. The van der Waals surface area contributed by atoms with Gasteiger partial charge in [-0.2, -0.15) is 0 Å². The summed E-state index contributed by atoms with van der Waals surface area (Å²) in [5.41, 5.74) is 0.863. The SMILES string of the molecule is C=CC(C)(C)C(C)(CC(C)=O)c1ccccc1. The van der Waals surface area contributed by atoms with Crippen molar-refractivity contribution < 1.29 is 4.79 Å². The van der Waals surface area contributed by atoms with Gasteiger partial charge in [-0.25, -0.2) is 0 Å². The molecule has 0 bridgehead atoms. The van der Waals surface area contributed by atoms with Crippen LogP contribution >= 0.6 is 0 Å². The highest BCUT2D eigenvalue weighted by Gasteiger charge is 2.41. The van der Waals surface area contributed by atoms with Gasteiger partial charge in [-0.15, -0.1) is 6.58 Å². The molecule has 0 spiro atoms. The van der Waals surface area contributed by atoms with Crippen molar-refractivity contribution in [3.63, 3.8) is 0 Å². The standard InChI is InChI=1S/C16H22O/c1-6-15(3,4)16(5,12-13(2)17)14-10-8-7-9-11-14/h6-11H,1,12H2,2-5H3. The third-order valence-electron chi connectivity index (χ3n) is 3.95. The van der Waals surface area contributed by atoms with Crippen LogP contribution in [0.25, 0.3) is 0 Å². The Bertz CT molecular complexity index is 403. The highest BCUT2D eigenvalue weighted by molar-refractivity contribution is 5.77. The number of carbonyl (C=O) groups is 1. The van der Waals surface area contributed by atoms with Crippen LogP contribution in [0.4, 0.5) is 0 Å². The van der Waals surface area contributed by atoms with E-state index in [9.17, 15) is 4.79 Å². The molecule has 1 atom stereocenters. The first-order valence-electron chi connectivity index (χ1n) is 6.02. The van der Waals surface area contributed by atoms with Gasteiger partial charge in [0.25, 0.3) is 0 Å². The minimum Gasteiger partial charge on any atom is -0.300 e. The van der Waals surface area contributed by atoms with Gasteiger partial charge >= 0.3 is 0 Å². The maximum atomic E-state index is 11.6. The fourth-order valence-corrected chi connectivity index (χ4v) is 2.23. The van der Waals surface area contributed by atoms with Crippen molar-refractivity contribution in [1.29, 1.82) is 0 Å². The average molecular weight is 230 g/mol. The average Bonchev–Trinajstić information content (AvgIpc) is 2.29. The Balaban J connectivity index is 3.29. The zero-order chi connectivity index (χ0) is 13.1. The summed E-state index contributed by atoms with van der Waals surface area (Å²) < 4.78 is 0. The Hall–Kier alpha value is -1.37. The highest BCUT2D eigenvalue weighted by Crippen LogP contribution is 2.45. The molecule has 1 aromatic carbocycles. The Morgan fingerprint density at radius 3 is 2.18 bits per heavy atom. The second-order valence-corrected chi connectivity index (χ2v) is 5.50. The second-order valence-electron chi connectivity index (χ2n) is 5.50. The number of Topliss-reactive ketones (excluding diaryl/α,β-unsaturated/α-hetero) is 1. The lowest BCUT2D eigenvalue weighted by atomic mass is 9.61. The molecular weight excluding hydrogens is 208 g/mol. The molecule has 0 heterocycles. The number of benzene rings is 1. The predicted molar refractivity (Wildman–Crippen MR) is 73.1 cm³/mol. The first kappa shape index (κ1) is 13.7. The van der Waals surface area contributed by atoms with Gasteiger partial charge in [-0.1, -0.05) is 57.2 Å². The topological polar surface area (TPSA) is 17.1 Å². The lowest BCUT2D eigenvalue weighted by Gasteiger charge is -2.42. The fraction of sp³-hybridized carbons (Fsp3) is 0.438. The number of rotatable bonds is 5.